The van der Waals surface area contributed by atoms with Gasteiger partial charge in [0.15, 0.2) is 0 Å². The van der Waals surface area contributed by atoms with Crippen molar-refractivity contribution >= 4 is 23.1 Å². The van der Waals surface area contributed by atoms with Crippen LogP contribution in [0.4, 0.5) is 22.0 Å². The fourth-order valence-electron chi connectivity index (χ4n) is 4.05. The van der Waals surface area contributed by atoms with Crippen LogP contribution >= 0.6 is 23.1 Å². The van der Waals surface area contributed by atoms with Crippen molar-refractivity contribution in [2.24, 2.45) is 0 Å². The Balaban J connectivity index is 1.91. The van der Waals surface area contributed by atoms with E-state index in [9.17, 15) is 32.0 Å². The van der Waals surface area contributed by atoms with Gasteiger partial charge >= 0.3 is 6.18 Å². The van der Waals surface area contributed by atoms with Crippen molar-refractivity contribution in [3.05, 3.63) is 98.8 Å². The van der Waals surface area contributed by atoms with Crippen LogP contribution in [0.1, 0.15) is 36.1 Å². The van der Waals surface area contributed by atoms with Crippen LogP contribution in [0.25, 0.3) is 21.0 Å². The van der Waals surface area contributed by atoms with Gasteiger partial charge in [0.1, 0.15) is 23.3 Å². The molecule has 3 nitrogen and oxygen atoms in total. The molecule has 0 saturated heterocycles. The molecule has 2 heterocycles. The molecule has 196 valence electrons. The highest BCUT2D eigenvalue weighted by molar-refractivity contribution is 7.99. The molecule has 10 heteroatoms. The summed E-state index contributed by atoms with van der Waals surface area (Å²) in [4.78, 5) is 15.3. The first-order valence-corrected chi connectivity index (χ1v) is 13.4. The van der Waals surface area contributed by atoms with Gasteiger partial charge in [-0.15, -0.1) is 23.1 Å². The first-order valence-electron chi connectivity index (χ1n) is 11.6. The largest absolute Gasteiger partial charge is 0.417 e. The van der Waals surface area contributed by atoms with E-state index in [1.807, 2.05) is 26.0 Å². The Labute approximate surface area is 224 Å². The predicted molar refractivity (Wildman–Crippen MR) is 140 cm³/mol. The minimum Gasteiger partial charge on any atom is -0.302 e. The van der Waals surface area contributed by atoms with Crippen molar-refractivity contribution in [3.63, 3.8) is 0 Å². The number of pyridine rings is 1. The summed E-state index contributed by atoms with van der Waals surface area (Å²) in [6, 6.07) is 14.3. The van der Waals surface area contributed by atoms with E-state index in [2.05, 4.69) is 6.07 Å². The molecule has 4 aromatic rings. The Morgan fingerprint density at radius 2 is 1.74 bits per heavy atom. The number of thioether (sulfide) groups is 1. The van der Waals surface area contributed by atoms with E-state index in [0.29, 0.717) is 10.9 Å². The molecule has 0 spiro atoms. The van der Waals surface area contributed by atoms with Crippen molar-refractivity contribution in [2.75, 3.05) is 5.75 Å². The molecule has 0 N–H and O–H groups in total. The van der Waals surface area contributed by atoms with Gasteiger partial charge in [0.25, 0.3) is 5.56 Å². The summed E-state index contributed by atoms with van der Waals surface area (Å²) < 4.78 is 70.4. The smallest absolute Gasteiger partial charge is 0.302 e. The van der Waals surface area contributed by atoms with E-state index in [1.54, 1.807) is 23.9 Å². The average molecular weight is 561 g/mol. The standard InChI is InChI=1S/C28H21F5N2OS2/c1-3-16-9-18(11-20(10-16)37-4-2)25-7-8-26(38-25)24-13-22(28(31,32)33)21(14-34)27(36)35(24)15-17-5-6-19(29)12-23(17)30/h5-13H,3-4,15H2,1-2H3. The molecule has 2 aromatic heterocycles. The molecule has 2 aromatic carbocycles. The Morgan fingerprint density at radius 3 is 2.37 bits per heavy atom. The number of thiophene rings is 1. The van der Waals surface area contributed by atoms with Gasteiger partial charge in [0, 0.05) is 21.4 Å². The van der Waals surface area contributed by atoms with Crippen LogP contribution in [-0.4, -0.2) is 10.3 Å². The van der Waals surface area contributed by atoms with E-state index >= 15 is 0 Å². The lowest BCUT2D eigenvalue weighted by Crippen LogP contribution is -2.28. The van der Waals surface area contributed by atoms with Crippen LogP contribution in [0.2, 0.25) is 0 Å². The second kappa shape index (κ2) is 11.1. The summed E-state index contributed by atoms with van der Waals surface area (Å²) >= 11 is 2.86. The minimum atomic E-state index is -4.96. The average Bonchev–Trinajstić information content (AvgIpc) is 3.36. The number of hydrogen-bond donors (Lipinski definition) is 0. The summed E-state index contributed by atoms with van der Waals surface area (Å²) in [6.45, 7) is 3.59. The molecule has 0 saturated carbocycles. The normalized spacial score (nSPS) is 11.5. The van der Waals surface area contributed by atoms with Crippen molar-refractivity contribution in [1.29, 1.82) is 5.26 Å². The summed E-state index contributed by atoms with van der Waals surface area (Å²) in [6.07, 6.45) is -4.16. The molecular weight excluding hydrogens is 539 g/mol. The monoisotopic (exact) mass is 560 g/mol. The topological polar surface area (TPSA) is 45.8 Å². The molecule has 0 aliphatic heterocycles. The molecule has 0 amide bonds. The van der Waals surface area contributed by atoms with Crippen molar-refractivity contribution in [1.82, 2.24) is 4.57 Å². The Kier molecular flexibility index (Phi) is 8.09. The van der Waals surface area contributed by atoms with Crippen LogP contribution in [-0.2, 0) is 19.1 Å². The molecular formula is C28H21F5N2OS2. The fourth-order valence-corrected chi connectivity index (χ4v) is 5.84. The summed E-state index contributed by atoms with van der Waals surface area (Å²) in [7, 11) is 0. The number of hydrogen-bond acceptors (Lipinski definition) is 4. The molecule has 0 aliphatic rings. The number of aryl methyl sites for hydroxylation is 1. The van der Waals surface area contributed by atoms with Gasteiger partial charge in [-0.05, 0) is 59.7 Å². The predicted octanol–water partition coefficient (Wildman–Crippen LogP) is 8.14. The number of nitrogens with zero attached hydrogens (tertiary/aromatic N) is 2. The lowest BCUT2D eigenvalue weighted by Gasteiger charge is -2.17. The van der Waals surface area contributed by atoms with E-state index in [0.717, 1.165) is 55.8 Å². The molecule has 0 unspecified atom stereocenters. The van der Waals surface area contributed by atoms with Crippen LogP contribution in [0.3, 0.4) is 0 Å². The van der Waals surface area contributed by atoms with Crippen molar-refractivity contribution < 1.29 is 22.0 Å². The van der Waals surface area contributed by atoms with Gasteiger partial charge in [-0.1, -0.05) is 26.0 Å². The van der Waals surface area contributed by atoms with Gasteiger partial charge in [-0.25, -0.2) is 8.78 Å². The number of rotatable bonds is 7. The molecule has 0 aliphatic carbocycles. The first kappa shape index (κ1) is 27.6. The first-order chi connectivity index (χ1) is 18.0. The zero-order chi connectivity index (χ0) is 27.6. The highest BCUT2D eigenvalue weighted by Crippen LogP contribution is 2.39. The van der Waals surface area contributed by atoms with E-state index in [1.165, 1.54) is 17.4 Å². The second-order valence-electron chi connectivity index (χ2n) is 8.37. The number of halogens is 5. The van der Waals surface area contributed by atoms with Gasteiger partial charge in [-0.2, -0.15) is 18.4 Å². The van der Waals surface area contributed by atoms with Crippen LogP contribution in [0, 0.1) is 23.0 Å². The van der Waals surface area contributed by atoms with Crippen LogP contribution in [0.15, 0.2) is 64.3 Å². The lowest BCUT2D eigenvalue weighted by molar-refractivity contribution is -0.137. The second-order valence-corrected chi connectivity index (χ2v) is 10.8. The van der Waals surface area contributed by atoms with Gasteiger partial charge in [-0.3, -0.25) is 4.79 Å². The van der Waals surface area contributed by atoms with Gasteiger partial charge in [0.05, 0.1) is 22.7 Å². The third kappa shape index (κ3) is 5.69. The van der Waals surface area contributed by atoms with Crippen LogP contribution in [0.5, 0.6) is 0 Å². The fraction of sp³-hybridized carbons (Fsp3) is 0.214. The zero-order valence-electron chi connectivity index (χ0n) is 20.3. The summed E-state index contributed by atoms with van der Waals surface area (Å²) in [5.41, 5.74) is -1.87. The SMILES string of the molecule is CCSc1cc(CC)cc(-c2ccc(-c3cc(C(F)(F)F)c(C#N)c(=O)n3Cc3ccc(F)cc3F)s2)c1. The summed E-state index contributed by atoms with van der Waals surface area (Å²) in [5.74, 6) is -0.910. The van der Waals surface area contributed by atoms with E-state index < -0.39 is 41.0 Å². The maximum atomic E-state index is 14.5. The molecule has 0 bridgehead atoms. The number of nitriles is 1. The zero-order valence-corrected chi connectivity index (χ0v) is 22.0. The molecule has 0 atom stereocenters. The maximum Gasteiger partial charge on any atom is 0.417 e. The number of benzene rings is 2. The third-order valence-electron chi connectivity index (χ3n) is 5.89. The van der Waals surface area contributed by atoms with Gasteiger partial charge in [0.2, 0.25) is 0 Å². The van der Waals surface area contributed by atoms with E-state index in [-0.39, 0.29) is 11.3 Å². The van der Waals surface area contributed by atoms with Crippen molar-refractivity contribution in [3.8, 4) is 27.1 Å². The lowest BCUT2D eigenvalue weighted by atomic mass is 10.1. The number of alkyl halides is 3. The minimum absolute atomic E-state index is 0.105. The highest BCUT2D eigenvalue weighted by Gasteiger charge is 2.36. The molecule has 38 heavy (non-hydrogen) atoms. The molecule has 4 rings (SSSR count). The maximum absolute atomic E-state index is 14.5. The summed E-state index contributed by atoms with van der Waals surface area (Å²) in [5, 5.41) is 9.39. The van der Waals surface area contributed by atoms with E-state index in [4.69, 9.17) is 0 Å². The quantitative estimate of drug-likeness (QED) is 0.169. The highest BCUT2D eigenvalue weighted by atomic mass is 32.2. The van der Waals surface area contributed by atoms with Crippen molar-refractivity contribution in [2.45, 2.75) is 37.9 Å². The Bertz CT molecular complexity index is 1600. The Hall–Kier alpha value is -3.42. The van der Waals surface area contributed by atoms with Gasteiger partial charge < -0.3 is 4.57 Å². The number of aromatic nitrogens is 1. The van der Waals surface area contributed by atoms with Crippen LogP contribution < -0.4 is 5.56 Å². The third-order valence-corrected chi connectivity index (χ3v) is 7.90. The molecule has 0 fully saturated rings. The molecule has 0 radical (unpaired) electrons. The Morgan fingerprint density at radius 1 is 1.00 bits per heavy atom.